The van der Waals surface area contributed by atoms with Crippen molar-refractivity contribution in [3.05, 3.63) is 0 Å². The van der Waals surface area contributed by atoms with Crippen LogP contribution in [0.15, 0.2) is 0 Å². The minimum absolute atomic E-state index is 0.688. The van der Waals surface area contributed by atoms with Gasteiger partial charge in [-0.2, -0.15) is 8.42 Å². The van der Waals surface area contributed by atoms with Crippen molar-refractivity contribution < 1.29 is 91.0 Å². The number of nitrogens with one attached hydrogen (secondary N) is 3. The number of amides is 3. The van der Waals surface area contributed by atoms with E-state index in [4.69, 9.17) is 28.2 Å². The molecule has 3 rings (SSSR count). The zero-order valence-corrected chi connectivity index (χ0v) is 26.1. The molecule has 0 aromatic rings. The number of hydrogen-bond donors (Lipinski definition) is 11. The Morgan fingerprint density at radius 3 is 1.64 bits per heavy atom. The number of carbonyl (C=O) groups excluding carboxylic acids is 3. The van der Waals surface area contributed by atoms with Gasteiger partial charge in [0.15, 0.2) is 18.9 Å². The number of rotatable bonds is 12. The molecule has 0 saturated carbocycles. The molecule has 2 unspecified atom stereocenters. The van der Waals surface area contributed by atoms with Crippen LogP contribution < -0.4 is 16.0 Å². The highest BCUT2D eigenvalue weighted by Crippen LogP contribution is 2.30. The van der Waals surface area contributed by atoms with Crippen LogP contribution in [0.25, 0.3) is 0 Å². The van der Waals surface area contributed by atoms with E-state index in [-0.39, 0.29) is 0 Å². The fourth-order valence-corrected chi connectivity index (χ4v) is 5.61. The summed E-state index contributed by atoms with van der Waals surface area (Å²) in [5.41, 5.74) is 0. The lowest BCUT2D eigenvalue weighted by Crippen LogP contribution is -2.69. The van der Waals surface area contributed by atoms with E-state index in [1.165, 1.54) is 0 Å². The maximum absolute atomic E-state index is 12.0. The smallest absolute Gasteiger partial charge is 0.394 e. The second-order valence-corrected chi connectivity index (χ2v) is 12.2. The standard InChI is InChI=1S/C24H41N3O19S/c1-7(29)25-13-19(35)17(33)12(6-42-47(38,39)40)45-23(13)41-5-11-18(34)21(15(22(37)43-11)27-9(3)31)46-24-14(26-8(2)30)20(36)16(32)10(4-28)44-24/h10-24,28,32-37H,4-6H2,1-3H3,(H,25,29)(H,26,30)(H,27,31)(H,38,39,40)/t10-,11-,12-,13-,14-,15-,16-,17-,18+,19-,20-,21-,22+,23?,24?/m1/s1. The summed E-state index contributed by atoms with van der Waals surface area (Å²) in [4.78, 5) is 35.6. The molecule has 47 heavy (non-hydrogen) atoms. The van der Waals surface area contributed by atoms with Crippen molar-refractivity contribution in [2.24, 2.45) is 0 Å². The molecule has 0 aromatic carbocycles. The topological polar surface area (TPSA) is 339 Å². The summed E-state index contributed by atoms with van der Waals surface area (Å²) in [6.07, 6.45) is -20.6. The Hall–Kier alpha value is -2.20. The molecule has 0 aliphatic carbocycles. The Morgan fingerprint density at radius 2 is 1.13 bits per heavy atom. The van der Waals surface area contributed by atoms with Crippen LogP contribution in [0.2, 0.25) is 0 Å². The van der Waals surface area contributed by atoms with Gasteiger partial charge in [-0.15, -0.1) is 0 Å². The molecule has 3 fully saturated rings. The molecule has 3 amide bonds. The lowest BCUT2D eigenvalue weighted by Gasteiger charge is -2.48. The number of aliphatic hydroxyl groups is 7. The van der Waals surface area contributed by atoms with E-state index in [0.717, 1.165) is 20.8 Å². The average molecular weight is 708 g/mol. The van der Waals surface area contributed by atoms with Gasteiger partial charge in [-0.3, -0.25) is 18.9 Å². The summed E-state index contributed by atoms with van der Waals surface area (Å²) in [5.74, 6) is -2.11. The molecule has 0 bridgehead atoms. The Bertz CT molecular complexity index is 1200. The number of hydrogen-bond acceptors (Lipinski definition) is 18. The van der Waals surface area contributed by atoms with Crippen molar-refractivity contribution in [2.75, 3.05) is 19.8 Å². The maximum Gasteiger partial charge on any atom is 0.397 e. The maximum atomic E-state index is 12.0. The molecule has 3 aliphatic heterocycles. The van der Waals surface area contributed by atoms with Gasteiger partial charge >= 0.3 is 10.4 Å². The van der Waals surface area contributed by atoms with E-state index in [2.05, 4.69) is 20.1 Å². The van der Waals surface area contributed by atoms with Crippen molar-refractivity contribution in [3.63, 3.8) is 0 Å². The molecule has 0 aromatic heterocycles. The van der Waals surface area contributed by atoms with E-state index < -0.39 is 140 Å². The first kappa shape index (κ1) is 39.2. The number of aliphatic hydroxyl groups excluding tert-OH is 7. The molecule has 272 valence electrons. The fourth-order valence-electron chi connectivity index (χ4n) is 5.31. The SMILES string of the molecule is CC(=O)N[C@@H]1[C@@H](OC2O[C@H](CO)[C@@H](O)[C@H](O)[C@H]2NC(C)=O)[C@@H](O)[C@@H](COC2O[C@H](COS(=O)(=O)O)[C@@H](O)[C@H](O)[C@H]2NC(C)=O)O[C@@H]1O. The Morgan fingerprint density at radius 1 is 0.660 bits per heavy atom. The molecular formula is C24H41N3O19S. The summed E-state index contributed by atoms with van der Waals surface area (Å²) in [5, 5.41) is 80.7. The quantitative estimate of drug-likeness (QED) is 0.0839. The van der Waals surface area contributed by atoms with E-state index in [1.54, 1.807) is 0 Å². The summed E-state index contributed by atoms with van der Waals surface area (Å²) < 4.78 is 63.1. The van der Waals surface area contributed by atoms with Crippen molar-refractivity contribution >= 4 is 28.1 Å². The second kappa shape index (κ2) is 16.5. The normalized spacial score (nSPS) is 41.1. The third kappa shape index (κ3) is 10.2. The van der Waals surface area contributed by atoms with E-state index in [1.807, 2.05) is 0 Å². The third-order valence-electron chi connectivity index (χ3n) is 7.48. The van der Waals surface area contributed by atoms with Crippen LogP contribution in [0, 0.1) is 0 Å². The van der Waals surface area contributed by atoms with Crippen LogP contribution in [0.4, 0.5) is 0 Å². The minimum Gasteiger partial charge on any atom is -0.394 e. The van der Waals surface area contributed by atoms with Gasteiger partial charge in [0.1, 0.15) is 73.1 Å². The van der Waals surface area contributed by atoms with Crippen molar-refractivity contribution in [3.8, 4) is 0 Å². The van der Waals surface area contributed by atoms with Crippen molar-refractivity contribution in [1.82, 2.24) is 16.0 Å². The van der Waals surface area contributed by atoms with Gasteiger partial charge in [-0.05, 0) is 0 Å². The van der Waals surface area contributed by atoms with Gasteiger partial charge in [0.2, 0.25) is 17.7 Å². The highest BCUT2D eigenvalue weighted by molar-refractivity contribution is 7.80. The van der Waals surface area contributed by atoms with Gasteiger partial charge in [0, 0.05) is 20.8 Å². The molecule has 3 saturated heterocycles. The highest BCUT2D eigenvalue weighted by Gasteiger charge is 2.52. The second-order valence-electron chi connectivity index (χ2n) is 11.1. The molecule has 23 heteroatoms. The first-order valence-corrected chi connectivity index (χ1v) is 15.6. The summed E-state index contributed by atoms with van der Waals surface area (Å²) >= 11 is 0. The molecule has 15 atom stereocenters. The molecular weight excluding hydrogens is 666 g/mol. The fraction of sp³-hybridized carbons (Fsp3) is 0.875. The minimum atomic E-state index is -5.00. The molecule has 0 spiro atoms. The van der Waals surface area contributed by atoms with Crippen LogP contribution in [-0.2, 0) is 52.7 Å². The lowest BCUT2D eigenvalue weighted by molar-refractivity contribution is -0.331. The first-order chi connectivity index (χ1) is 21.8. The van der Waals surface area contributed by atoms with Gasteiger partial charge in [-0.1, -0.05) is 0 Å². The van der Waals surface area contributed by atoms with Gasteiger partial charge < -0.3 is 75.4 Å². The van der Waals surface area contributed by atoms with Crippen LogP contribution in [0.1, 0.15) is 20.8 Å². The van der Waals surface area contributed by atoms with Crippen LogP contribution in [0.3, 0.4) is 0 Å². The van der Waals surface area contributed by atoms with E-state index >= 15 is 0 Å². The van der Waals surface area contributed by atoms with E-state index in [0.29, 0.717) is 0 Å². The van der Waals surface area contributed by atoms with Crippen molar-refractivity contribution in [2.45, 2.75) is 113 Å². The predicted octanol–water partition coefficient (Wildman–Crippen LogP) is -7.31. The monoisotopic (exact) mass is 707 g/mol. The number of ether oxygens (including phenoxy) is 5. The summed E-state index contributed by atoms with van der Waals surface area (Å²) in [6.45, 7) is 0.702. The summed E-state index contributed by atoms with van der Waals surface area (Å²) in [7, 11) is -5.00. The zero-order valence-electron chi connectivity index (χ0n) is 25.3. The van der Waals surface area contributed by atoms with E-state index in [9.17, 15) is 58.5 Å². The van der Waals surface area contributed by atoms with Gasteiger partial charge in [0.25, 0.3) is 0 Å². The predicted molar refractivity (Wildman–Crippen MR) is 146 cm³/mol. The number of carbonyl (C=O) groups is 3. The Balaban J connectivity index is 1.85. The third-order valence-corrected chi connectivity index (χ3v) is 7.92. The molecule has 11 N–H and O–H groups in total. The van der Waals surface area contributed by atoms with Gasteiger partial charge in [0.05, 0.1) is 19.8 Å². The Labute approximate surface area is 267 Å². The molecule has 3 aliphatic rings. The zero-order chi connectivity index (χ0) is 35.4. The summed E-state index contributed by atoms with van der Waals surface area (Å²) in [6, 6.07) is -4.49. The largest absolute Gasteiger partial charge is 0.397 e. The van der Waals surface area contributed by atoms with Crippen LogP contribution in [0.5, 0.6) is 0 Å². The Kier molecular flexibility index (Phi) is 13.7. The molecule has 3 heterocycles. The van der Waals surface area contributed by atoms with Gasteiger partial charge in [-0.25, -0.2) is 4.18 Å². The van der Waals surface area contributed by atoms with Crippen LogP contribution in [-0.4, -0.2) is 178 Å². The average Bonchev–Trinajstić information content (AvgIpc) is 2.96. The highest BCUT2D eigenvalue weighted by atomic mass is 32.3. The first-order valence-electron chi connectivity index (χ1n) is 14.2. The molecule has 0 radical (unpaired) electrons. The lowest BCUT2D eigenvalue weighted by atomic mass is 9.94. The molecule has 22 nitrogen and oxygen atoms in total. The van der Waals surface area contributed by atoms with Crippen LogP contribution >= 0.6 is 0 Å². The van der Waals surface area contributed by atoms with Crippen molar-refractivity contribution in [1.29, 1.82) is 0 Å².